The summed E-state index contributed by atoms with van der Waals surface area (Å²) in [7, 11) is 2.12. The first-order chi connectivity index (χ1) is 18.5. The summed E-state index contributed by atoms with van der Waals surface area (Å²) in [4.78, 5) is 41.5. The Hall–Kier alpha value is -2.66. The maximum atomic E-state index is 13.1. The first-order valence-corrected chi connectivity index (χ1v) is 13.7. The minimum absolute atomic E-state index is 0.121. The van der Waals surface area contributed by atoms with Crippen LogP contribution < -0.4 is 0 Å². The molecule has 1 spiro atoms. The number of amides is 2. The summed E-state index contributed by atoms with van der Waals surface area (Å²) in [6.45, 7) is 6.72. The normalized spacial score (nSPS) is 23.6. The van der Waals surface area contributed by atoms with Crippen LogP contribution in [0.2, 0.25) is 0 Å². The number of carbonyl (C=O) groups excluding carboxylic acids is 2. The number of fused-ring (bicyclic) bond motifs is 2. The molecule has 1 N–H and O–H groups in total. The number of nitrogens with zero attached hydrogens (tertiary/aromatic N) is 3. The van der Waals surface area contributed by atoms with Crippen LogP contribution in [-0.2, 0) is 24.5 Å². The van der Waals surface area contributed by atoms with Crippen LogP contribution in [0.4, 0.5) is 13.2 Å². The molecule has 1 aromatic carbocycles. The van der Waals surface area contributed by atoms with Crippen molar-refractivity contribution in [3.63, 3.8) is 0 Å². The standard InChI is InChI=1S/C26H37N3O3.C2HF3O2/c1-27-12-14-28(15-13-27)24(30)18-21-19-26(23-5-3-2-4-22(21)23)8-10-29(11-9-26)25(31)20-6-16-32-17-7-20;3-2(4,5)1(6)7/h2-5,20-21H,6-19H2,1H3;(H,6,7). The largest absolute Gasteiger partial charge is 0.490 e. The fourth-order valence-corrected chi connectivity index (χ4v) is 6.44. The Bertz CT molecular complexity index is 1030. The molecule has 1 unspecified atom stereocenters. The highest BCUT2D eigenvalue weighted by molar-refractivity contribution is 5.79. The summed E-state index contributed by atoms with van der Waals surface area (Å²) >= 11 is 0. The van der Waals surface area contributed by atoms with Gasteiger partial charge in [-0.15, -0.1) is 0 Å². The van der Waals surface area contributed by atoms with Gasteiger partial charge in [-0.2, -0.15) is 13.2 Å². The van der Waals surface area contributed by atoms with Gasteiger partial charge in [0.15, 0.2) is 0 Å². The molecule has 3 fully saturated rings. The van der Waals surface area contributed by atoms with Gasteiger partial charge in [-0.3, -0.25) is 9.59 Å². The van der Waals surface area contributed by atoms with Crippen molar-refractivity contribution in [1.29, 1.82) is 0 Å². The number of carboxylic acid groups (broad SMARTS) is 1. The van der Waals surface area contributed by atoms with Crippen LogP contribution in [0.5, 0.6) is 0 Å². The van der Waals surface area contributed by atoms with E-state index in [2.05, 4.69) is 46.0 Å². The second kappa shape index (κ2) is 12.2. The molecule has 1 aliphatic carbocycles. The van der Waals surface area contributed by atoms with E-state index in [1.165, 1.54) is 11.1 Å². The summed E-state index contributed by atoms with van der Waals surface area (Å²) < 4.78 is 37.2. The molecule has 0 aromatic heterocycles. The van der Waals surface area contributed by atoms with Gasteiger partial charge in [0.25, 0.3) is 0 Å². The molecule has 0 bridgehead atoms. The highest BCUT2D eigenvalue weighted by atomic mass is 19.4. The Morgan fingerprint density at radius 1 is 0.974 bits per heavy atom. The molecule has 11 heteroatoms. The predicted octanol–water partition coefficient (Wildman–Crippen LogP) is 3.26. The zero-order chi connectivity index (χ0) is 28.2. The minimum atomic E-state index is -5.08. The summed E-state index contributed by atoms with van der Waals surface area (Å²) in [6, 6.07) is 8.79. The molecule has 1 aromatic rings. The molecule has 0 radical (unpaired) electrons. The lowest BCUT2D eigenvalue weighted by atomic mass is 9.73. The monoisotopic (exact) mass is 553 g/mol. The third-order valence-corrected chi connectivity index (χ3v) is 8.73. The smallest absolute Gasteiger partial charge is 0.475 e. The van der Waals surface area contributed by atoms with Gasteiger partial charge < -0.3 is 24.5 Å². The molecule has 8 nitrogen and oxygen atoms in total. The maximum Gasteiger partial charge on any atom is 0.490 e. The number of hydrogen-bond acceptors (Lipinski definition) is 5. The number of aliphatic carboxylic acids is 1. The van der Waals surface area contributed by atoms with E-state index in [0.717, 1.165) is 71.4 Å². The Balaban J connectivity index is 0.000000448. The number of ether oxygens (including phenoxy) is 1. The lowest BCUT2D eigenvalue weighted by molar-refractivity contribution is -0.192. The molecule has 216 valence electrons. The van der Waals surface area contributed by atoms with E-state index >= 15 is 0 Å². The van der Waals surface area contributed by atoms with Gasteiger partial charge in [-0.1, -0.05) is 24.3 Å². The second-order valence-electron chi connectivity index (χ2n) is 11.2. The molecule has 39 heavy (non-hydrogen) atoms. The van der Waals surface area contributed by atoms with Gasteiger partial charge in [-0.25, -0.2) is 4.79 Å². The quantitative estimate of drug-likeness (QED) is 0.618. The molecule has 3 aliphatic heterocycles. The molecule has 3 heterocycles. The lowest BCUT2D eigenvalue weighted by Crippen LogP contribution is -2.48. The van der Waals surface area contributed by atoms with Crippen LogP contribution in [0, 0.1) is 5.92 Å². The SMILES string of the molecule is CN1CCN(C(=O)CC2CC3(CCN(C(=O)C4CCOCC4)CC3)c3ccccc32)CC1.O=C(O)C(F)(F)F. The third-order valence-electron chi connectivity index (χ3n) is 8.73. The number of benzene rings is 1. The second-order valence-corrected chi connectivity index (χ2v) is 11.2. The number of carbonyl (C=O) groups is 3. The van der Waals surface area contributed by atoms with Crippen LogP contribution in [0.15, 0.2) is 24.3 Å². The molecule has 4 aliphatic rings. The van der Waals surface area contributed by atoms with Crippen LogP contribution in [0.3, 0.4) is 0 Å². The fraction of sp³-hybridized carbons (Fsp3) is 0.679. The van der Waals surface area contributed by atoms with Crippen LogP contribution in [-0.4, -0.2) is 103 Å². The van der Waals surface area contributed by atoms with Crippen molar-refractivity contribution in [2.75, 3.05) is 59.5 Å². The van der Waals surface area contributed by atoms with E-state index in [1.807, 2.05) is 0 Å². The molecular formula is C28H38F3N3O5. The van der Waals surface area contributed by atoms with Gasteiger partial charge in [0.2, 0.25) is 11.8 Å². The van der Waals surface area contributed by atoms with E-state index in [9.17, 15) is 22.8 Å². The van der Waals surface area contributed by atoms with E-state index < -0.39 is 12.1 Å². The lowest BCUT2D eigenvalue weighted by Gasteiger charge is -2.42. The maximum absolute atomic E-state index is 13.1. The number of piperidine rings is 1. The Morgan fingerprint density at radius 2 is 1.56 bits per heavy atom. The van der Waals surface area contributed by atoms with Crippen LogP contribution >= 0.6 is 0 Å². The van der Waals surface area contributed by atoms with Crippen molar-refractivity contribution < 1.29 is 37.4 Å². The topological polar surface area (TPSA) is 90.4 Å². The van der Waals surface area contributed by atoms with Gasteiger partial charge in [-0.05, 0) is 61.6 Å². The minimum Gasteiger partial charge on any atom is -0.475 e. The van der Waals surface area contributed by atoms with Crippen molar-refractivity contribution in [2.24, 2.45) is 5.92 Å². The number of likely N-dealkylation sites (N-methyl/N-ethyl adjacent to an activating group) is 1. The molecule has 0 saturated carbocycles. The Kier molecular flexibility index (Phi) is 9.21. The summed E-state index contributed by atoms with van der Waals surface area (Å²) in [6.07, 6.45) is 0.328. The first-order valence-electron chi connectivity index (χ1n) is 13.7. The number of alkyl halides is 3. The van der Waals surface area contributed by atoms with Gasteiger partial charge in [0, 0.05) is 64.8 Å². The van der Waals surface area contributed by atoms with Crippen molar-refractivity contribution >= 4 is 17.8 Å². The van der Waals surface area contributed by atoms with E-state index in [1.54, 1.807) is 0 Å². The van der Waals surface area contributed by atoms with Crippen molar-refractivity contribution in [3.8, 4) is 0 Å². The zero-order valence-electron chi connectivity index (χ0n) is 22.4. The number of piperazine rings is 1. The van der Waals surface area contributed by atoms with Crippen LogP contribution in [0.25, 0.3) is 0 Å². The summed E-state index contributed by atoms with van der Waals surface area (Å²) in [5, 5.41) is 7.12. The number of rotatable bonds is 3. The highest BCUT2D eigenvalue weighted by Gasteiger charge is 2.47. The predicted molar refractivity (Wildman–Crippen MR) is 137 cm³/mol. The molecule has 5 rings (SSSR count). The number of hydrogen-bond donors (Lipinski definition) is 1. The van der Waals surface area contributed by atoms with Gasteiger partial charge in [0.05, 0.1) is 0 Å². The fourth-order valence-electron chi connectivity index (χ4n) is 6.44. The average molecular weight is 554 g/mol. The zero-order valence-corrected chi connectivity index (χ0v) is 22.4. The average Bonchev–Trinajstić information content (AvgIpc) is 3.22. The number of halogens is 3. The van der Waals surface area contributed by atoms with Crippen molar-refractivity contribution in [3.05, 3.63) is 35.4 Å². The van der Waals surface area contributed by atoms with Crippen LogP contribution in [0.1, 0.15) is 55.6 Å². The molecule has 3 saturated heterocycles. The van der Waals surface area contributed by atoms with Crippen molar-refractivity contribution in [1.82, 2.24) is 14.7 Å². The van der Waals surface area contributed by atoms with E-state index in [-0.39, 0.29) is 11.3 Å². The third kappa shape index (κ3) is 6.92. The number of likely N-dealkylation sites (tertiary alicyclic amines) is 1. The Labute approximate surface area is 227 Å². The van der Waals surface area contributed by atoms with Crippen molar-refractivity contribution in [2.45, 2.75) is 56.0 Å². The van der Waals surface area contributed by atoms with E-state index in [4.69, 9.17) is 14.6 Å². The number of carboxylic acids is 1. The summed E-state index contributed by atoms with van der Waals surface area (Å²) in [5.41, 5.74) is 2.93. The van der Waals surface area contributed by atoms with Gasteiger partial charge >= 0.3 is 12.1 Å². The molecule has 2 amide bonds. The molecule has 1 atom stereocenters. The van der Waals surface area contributed by atoms with Gasteiger partial charge in [0.1, 0.15) is 0 Å². The Morgan fingerprint density at radius 3 is 2.15 bits per heavy atom. The summed E-state index contributed by atoms with van der Waals surface area (Å²) in [5.74, 6) is -1.68. The van der Waals surface area contributed by atoms with E-state index in [0.29, 0.717) is 37.4 Å². The highest BCUT2D eigenvalue weighted by Crippen LogP contribution is 2.53. The molecular weight excluding hydrogens is 515 g/mol. The first kappa shape index (κ1) is 29.3.